The number of aliphatic carboxylic acids is 2. The summed E-state index contributed by atoms with van der Waals surface area (Å²) in [6.45, 7) is -2.78. The van der Waals surface area contributed by atoms with Gasteiger partial charge in [0.2, 0.25) is 23.6 Å². The van der Waals surface area contributed by atoms with Crippen molar-refractivity contribution in [2.45, 2.75) is 236 Å². The second kappa shape index (κ2) is 31.9. The van der Waals surface area contributed by atoms with Crippen LogP contribution in [0.1, 0.15) is 40.5 Å². The molecule has 24 N–H and O–H groups in total. The van der Waals surface area contributed by atoms with Crippen LogP contribution in [0.5, 0.6) is 0 Å². The van der Waals surface area contributed by atoms with Gasteiger partial charge in [0.05, 0.1) is 63.9 Å². The Balaban J connectivity index is 1.20. The Morgan fingerprint density at radius 3 is 1.38 bits per heavy atom. The van der Waals surface area contributed by atoms with Crippen LogP contribution in [-0.2, 0) is 80.9 Å². The van der Waals surface area contributed by atoms with Crippen LogP contribution in [0.3, 0.4) is 0 Å². The summed E-state index contributed by atoms with van der Waals surface area (Å²) in [6, 6.07) is -6.96. The zero-order valence-electron chi connectivity index (χ0n) is 48.9. The fourth-order valence-electron chi connectivity index (χ4n) is 11.3. The lowest BCUT2D eigenvalue weighted by Crippen LogP contribution is -2.71. The van der Waals surface area contributed by atoms with Gasteiger partial charge in [-0.1, -0.05) is 0 Å². The minimum absolute atomic E-state index is 0.804. The third kappa shape index (κ3) is 17.0. The van der Waals surface area contributed by atoms with Gasteiger partial charge in [0.15, 0.2) is 25.2 Å². The Bertz CT molecular complexity index is 2450. The third-order valence-electron chi connectivity index (χ3n) is 16.0. The van der Waals surface area contributed by atoms with E-state index in [1.807, 2.05) is 0 Å². The largest absolute Gasteiger partial charge is 0.477 e. The first-order chi connectivity index (χ1) is 42.6. The molecule has 0 unspecified atom stereocenters. The van der Waals surface area contributed by atoms with E-state index < -0.39 is 283 Å². The van der Waals surface area contributed by atoms with Gasteiger partial charge in [0.25, 0.3) is 11.6 Å². The van der Waals surface area contributed by atoms with Gasteiger partial charge in [-0.2, -0.15) is 0 Å². The van der Waals surface area contributed by atoms with Crippen molar-refractivity contribution in [2.75, 3.05) is 39.6 Å². The van der Waals surface area contributed by atoms with Crippen molar-refractivity contribution in [1.29, 1.82) is 0 Å². The first-order valence-electron chi connectivity index (χ1n) is 28.3. The number of hydrogen-bond donors (Lipinski definition) is 24. The van der Waals surface area contributed by atoms with Gasteiger partial charge in [-0.3, -0.25) is 19.2 Å². The molecule has 4 amide bonds. The molecule has 0 bridgehead atoms. The van der Waals surface area contributed by atoms with Crippen LogP contribution < -0.4 is 21.3 Å². The highest BCUT2D eigenvalue weighted by atomic mass is 16.8. The summed E-state index contributed by atoms with van der Waals surface area (Å²) >= 11 is 0. The van der Waals surface area contributed by atoms with Crippen molar-refractivity contribution in [3.05, 3.63) is 0 Å². The molecular formula is C50H82N4O37. The molecule has 32 atom stereocenters. The predicted molar refractivity (Wildman–Crippen MR) is 280 cm³/mol. The number of rotatable bonds is 26. The first-order valence-corrected chi connectivity index (χ1v) is 28.3. The standard InChI is InChI=1S/C50H82N4O37/c1-13(59)51-25-17(63)5-49(47(77)78,89-40(25)29(67)19(65)7-55)82-12-24-31(69)35(73)36(74)45(86-24)87-38-22(10-58)85-44(27(34(38)72)53-15(3)61)81-11-23-33(71)39(28(43(76)83-23)54-16(4)62)88-46-37(75)42(32(70)21(9-57)84-46)91-50(48(79)80)6-18(64)26(52-14(2)60)41(90-50)30(68)20(66)8-56/h17-46,55-58,63-76H,5-12H2,1-4H3,(H,51,59)(H,52,60)(H,53,61)(H,54,62)(H,77,78)(H,79,80)/t17-,18-,19+,20+,21+,22+,23+,24+,25+,26+,27+,28+,29+,30+,31-,32-,33-,34+,35-,36+,37+,38+,39+,40+,41+,42-,43+,44+,45-,46-,49+,50-/m0/s1. The van der Waals surface area contributed by atoms with Crippen molar-refractivity contribution in [1.82, 2.24) is 21.3 Å². The third-order valence-corrected chi connectivity index (χ3v) is 16.0. The van der Waals surface area contributed by atoms with Gasteiger partial charge >= 0.3 is 11.9 Å². The van der Waals surface area contributed by atoms with Gasteiger partial charge in [-0.05, 0) is 0 Å². The van der Waals surface area contributed by atoms with Crippen LogP contribution in [-0.4, -0.2) is 373 Å². The molecule has 91 heavy (non-hydrogen) atoms. The summed E-state index contributed by atoms with van der Waals surface area (Å²) in [4.78, 5) is 75.1. The highest BCUT2D eigenvalue weighted by molar-refractivity contribution is 5.77. The molecule has 6 saturated heterocycles. The molecular weight excluding hydrogens is 1250 g/mol. The quantitative estimate of drug-likeness (QED) is 0.0382. The normalized spacial score (nSPS) is 43.5. The Morgan fingerprint density at radius 1 is 0.462 bits per heavy atom. The Morgan fingerprint density at radius 2 is 0.890 bits per heavy atom. The van der Waals surface area contributed by atoms with E-state index in [0.29, 0.717) is 0 Å². The fourth-order valence-corrected chi connectivity index (χ4v) is 11.3. The van der Waals surface area contributed by atoms with Gasteiger partial charge in [-0.25, -0.2) is 9.59 Å². The molecule has 0 radical (unpaired) electrons. The minimum atomic E-state index is -3.23. The number of carbonyl (C=O) groups is 6. The zero-order chi connectivity index (χ0) is 68.0. The number of aliphatic hydroxyl groups excluding tert-OH is 18. The smallest absolute Gasteiger partial charge is 0.364 e. The molecule has 524 valence electrons. The van der Waals surface area contributed by atoms with E-state index in [1.165, 1.54) is 0 Å². The summed E-state index contributed by atoms with van der Waals surface area (Å²) in [5.74, 6) is -13.8. The summed E-state index contributed by atoms with van der Waals surface area (Å²) in [7, 11) is 0. The van der Waals surface area contributed by atoms with E-state index in [4.69, 9.17) is 52.1 Å². The Kier molecular flexibility index (Phi) is 26.6. The lowest BCUT2D eigenvalue weighted by molar-refractivity contribution is -0.381. The second-order valence-corrected chi connectivity index (χ2v) is 22.6. The Labute approximate surface area is 514 Å². The van der Waals surface area contributed by atoms with Crippen molar-refractivity contribution in [2.24, 2.45) is 0 Å². The number of aliphatic hydroxyl groups is 18. The van der Waals surface area contributed by atoms with Gasteiger partial charge in [0, 0.05) is 40.5 Å². The molecule has 0 aromatic carbocycles. The number of hydrogen-bond acceptors (Lipinski definition) is 35. The van der Waals surface area contributed by atoms with Crippen LogP contribution in [0.25, 0.3) is 0 Å². The van der Waals surface area contributed by atoms with Crippen LogP contribution >= 0.6 is 0 Å². The highest BCUT2D eigenvalue weighted by Gasteiger charge is 2.62. The number of carboxylic acid groups (broad SMARTS) is 2. The van der Waals surface area contributed by atoms with E-state index in [0.717, 1.165) is 27.7 Å². The molecule has 0 aromatic heterocycles. The van der Waals surface area contributed by atoms with E-state index in [9.17, 15) is 131 Å². The van der Waals surface area contributed by atoms with E-state index in [-0.39, 0.29) is 0 Å². The summed E-state index contributed by atoms with van der Waals surface area (Å²) in [5.41, 5.74) is 0. The maximum absolute atomic E-state index is 13.1. The maximum Gasteiger partial charge on any atom is 0.364 e. The Hall–Kier alpha value is -4.34. The summed E-state index contributed by atoms with van der Waals surface area (Å²) < 4.78 is 62.8. The van der Waals surface area contributed by atoms with Gasteiger partial charge < -0.3 is 176 Å². The lowest BCUT2D eigenvalue weighted by Gasteiger charge is -2.51. The fraction of sp³-hybridized carbons (Fsp3) is 0.880. The molecule has 6 heterocycles. The van der Waals surface area contributed by atoms with Crippen LogP contribution in [0.2, 0.25) is 0 Å². The van der Waals surface area contributed by atoms with Gasteiger partial charge in [-0.15, -0.1) is 0 Å². The second-order valence-electron chi connectivity index (χ2n) is 22.6. The monoisotopic (exact) mass is 1330 g/mol. The van der Waals surface area contributed by atoms with E-state index in [1.54, 1.807) is 0 Å². The number of carbonyl (C=O) groups excluding carboxylic acids is 4. The molecule has 6 aliphatic heterocycles. The number of carboxylic acids is 2. The SMILES string of the molecule is CC(=O)N[C@@H]1[C@@H](O[C@@H]2O[C@H](CO)[C@H](O)[C@H](O[C@]3(C(=O)O)C[C@H](O)[C@@H](NC(C)=O)[C@H]([C@H](O)[C@H](O)CO)O3)[C@H]2O)[C@@H](O)[C@@H](CO[C@@H]2O[C@H](CO)[C@@H](O[C@@H]3O[C@H](CO[C@]4(C(=O)O)C[C@H](O)[C@@H](NC(C)=O)[C@H]([C@H](O)[C@H](O)CO)O4)[C@H](O)[C@H](O)[C@H]3O)[C@H](O)[C@H]2NC(C)=O)O[C@H]1O. The molecule has 41 heteroatoms. The van der Waals surface area contributed by atoms with Gasteiger partial charge in [0.1, 0.15) is 134 Å². The van der Waals surface area contributed by atoms with E-state index in [2.05, 4.69) is 21.3 Å². The van der Waals surface area contributed by atoms with Crippen molar-refractivity contribution < 1.29 is 183 Å². The molecule has 6 rings (SSSR count). The average Bonchev–Trinajstić information content (AvgIpc) is 0.790. The number of amides is 4. The molecule has 0 saturated carbocycles. The maximum atomic E-state index is 13.1. The number of nitrogens with one attached hydrogen (secondary N) is 4. The molecule has 0 aliphatic carbocycles. The molecule has 6 aliphatic rings. The van der Waals surface area contributed by atoms with E-state index >= 15 is 0 Å². The number of ether oxygens (including phenoxy) is 11. The topological polar surface area (TPSA) is 657 Å². The van der Waals surface area contributed by atoms with Crippen LogP contribution in [0.4, 0.5) is 0 Å². The molecule has 0 aromatic rings. The predicted octanol–water partition coefficient (Wildman–Crippen LogP) is -15.1. The van der Waals surface area contributed by atoms with Crippen molar-refractivity contribution in [3.8, 4) is 0 Å². The van der Waals surface area contributed by atoms with Crippen molar-refractivity contribution >= 4 is 35.6 Å². The van der Waals surface area contributed by atoms with Crippen LogP contribution in [0.15, 0.2) is 0 Å². The molecule has 6 fully saturated rings. The average molecular weight is 1330 g/mol. The summed E-state index contributed by atoms with van der Waals surface area (Å²) in [6.07, 6.45) is -57.0. The van der Waals surface area contributed by atoms with Crippen molar-refractivity contribution in [3.63, 3.8) is 0 Å². The van der Waals surface area contributed by atoms with Crippen LogP contribution in [0, 0.1) is 0 Å². The minimum Gasteiger partial charge on any atom is -0.477 e. The zero-order valence-corrected chi connectivity index (χ0v) is 48.9. The molecule has 41 nitrogen and oxygen atoms in total. The first kappa shape index (κ1) is 75.7. The highest BCUT2D eigenvalue weighted by Crippen LogP contribution is 2.40. The molecule has 0 spiro atoms. The lowest BCUT2D eigenvalue weighted by atomic mass is 9.88. The summed E-state index contributed by atoms with van der Waals surface area (Å²) in [5, 5.41) is 226.